The molecule has 0 N–H and O–H groups in total. The highest BCUT2D eigenvalue weighted by molar-refractivity contribution is 7.89. The molecule has 2 aromatic heterocycles. The van der Waals surface area contributed by atoms with Crippen molar-refractivity contribution in [2.24, 2.45) is 11.8 Å². The molecule has 0 spiro atoms. The minimum atomic E-state index is -3.56. The second-order valence-corrected chi connectivity index (χ2v) is 8.80. The molecular weight excluding hydrogens is 342 g/mol. The molecule has 134 valence electrons. The molecule has 2 unspecified atom stereocenters. The van der Waals surface area contributed by atoms with E-state index in [0.717, 1.165) is 24.5 Å². The number of nitrogens with zero attached hydrogens (tertiary/aromatic N) is 5. The van der Waals surface area contributed by atoms with Crippen LogP contribution < -0.4 is 4.90 Å². The van der Waals surface area contributed by atoms with Crippen molar-refractivity contribution in [1.29, 1.82) is 0 Å². The number of aryl methyl sites for hydroxylation is 3. The average molecular weight is 363 g/mol. The second-order valence-electron chi connectivity index (χ2n) is 6.93. The highest BCUT2D eigenvalue weighted by Crippen LogP contribution is 2.37. The maximum Gasteiger partial charge on any atom is 0.248 e. The first-order valence-corrected chi connectivity index (χ1v) is 9.76. The quantitative estimate of drug-likeness (QED) is 0.807. The molecule has 0 amide bonds. The number of sulfonamides is 1. The van der Waals surface area contributed by atoms with Gasteiger partial charge in [-0.3, -0.25) is 0 Å². The summed E-state index contributed by atoms with van der Waals surface area (Å²) in [7, 11) is -3.56. The van der Waals surface area contributed by atoms with Crippen LogP contribution in [0.15, 0.2) is 21.9 Å². The molecule has 0 bridgehead atoms. The number of anilines is 1. The van der Waals surface area contributed by atoms with Crippen LogP contribution in [0.1, 0.15) is 17.0 Å². The van der Waals surface area contributed by atoms with Crippen molar-refractivity contribution in [3.05, 3.63) is 29.5 Å². The van der Waals surface area contributed by atoms with Crippen molar-refractivity contribution in [2.45, 2.75) is 25.7 Å². The standard InChI is InChI=1S/C16H21N5O3S/c1-10-4-17-9-18-16(10)20-5-13-7-21(8-14(13)6-20)25(22,23)15-11(2)19-24-12(15)3/h4,9,13-14H,5-8H2,1-3H3. The zero-order valence-corrected chi connectivity index (χ0v) is 15.3. The summed E-state index contributed by atoms with van der Waals surface area (Å²) in [6.07, 6.45) is 3.37. The molecule has 0 saturated carbocycles. The first-order valence-electron chi connectivity index (χ1n) is 8.32. The Morgan fingerprint density at radius 3 is 2.36 bits per heavy atom. The van der Waals surface area contributed by atoms with Gasteiger partial charge in [-0.2, -0.15) is 4.31 Å². The van der Waals surface area contributed by atoms with E-state index in [1.54, 1.807) is 24.5 Å². The van der Waals surface area contributed by atoms with Crippen molar-refractivity contribution in [3.63, 3.8) is 0 Å². The van der Waals surface area contributed by atoms with Crippen molar-refractivity contribution >= 4 is 15.8 Å². The fourth-order valence-corrected chi connectivity index (χ4v) is 5.86. The molecule has 2 aliphatic rings. The van der Waals surface area contributed by atoms with Gasteiger partial charge in [-0.1, -0.05) is 5.16 Å². The van der Waals surface area contributed by atoms with Crippen molar-refractivity contribution in [3.8, 4) is 0 Å². The van der Waals surface area contributed by atoms with E-state index in [9.17, 15) is 8.42 Å². The summed E-state index contributed by atoms with van der Waals surface area (Å²) < 4.78 is 32.6. The lowest BCUT2D eigenvalue weighted by molar-refractivity contribution is 0.389. The summed E-state index contributed by atoms with van der Waals surface area (Å²) in [6, 6.07) is 0. The Kier molecular flexibility index (Phi) is 3.80. The summed E-state index contributed by atoms with van der Waals surface area (Å²) >= 11 is 0. The maximum atomic E-state index is 13.0. The molecule has 0 aliphatic carbocycles. The Hall–Kier alpha value is -2.00. The van der Waals surface area contributed by atoms with Crippen LogP contribution in [0, 0.1) is 32.6 Å². The Morgan fingerprint density at radius 1 is 1.12 bits per heavy atom. The monoisotopic (exact) mass is 363 g/mol. The third kappa shape index (κ3) is 2.62. The maximum absolute atomic E-state index is 13.0. The van der Waals surface area contributed by atoms with Gasteiger partial charge < -0.3 is 9.42 Å². The van der Waals surface area contributed by atoms with Gasteiger partial charge in [-0.15, -0.1) is 0 Å². The number of hydrogen-bond acceptors (Lipinski definition) is 7. The Labute approximate surface area is 146 Å². The lowest BCUT2D eigenvalue weighted by atomic mass is 10.0. The molecule has 2 atom stereocenters. The van der Waals surface area contributed by atoms with E-state index in [-0.39, 0.29) is 4.90 Å². The molecule has 4 rings (SSSR count). The van der Waals surface area contributed by atoms with Gasteiger partial charge in [0, 0.05) is 37.9 Å². The Balaban J connectivity index is 1.53. The van der Waals surface area contributed by atoms with E-state index >= 15 is 0 Å². The summed E-state index contributed by atoms with van der Waals surface area (Å²) in [4.78, 5) is 10.9. The summed E-state index contributed by atoms with van der Waals surface area (Å²) in [5, 5.41) is 3.78. The molecule has 2 aromatic rings. The number of rotatable bonds is 3. The van der Waals surface area contributed by atoms with Crippen LogP contribution in [-0.4, -0.2) is 54.0 Å². The molecule has 2 aliphatic heterocycles. The van der Waals surface area contributed by atoms with Crippen LogP contribution in [0.25, 0.3) is 0 Å². The first kappa shape index (κ1) is 16.5. The molecule has 9 heteroatoms. The SMILES string of the molecule is Cc1cncnc1N1CC2CN(S(=O)(=O)c3c(C)noc3C)CC2C1. The Bertz CT molecular complexity index is 877. The molecule has 0 aromatic carbocycles. The molecule has 0 radical (unpaired) electrons. The van der Waals surface area contributed by atoms with Crippen LogP contribution in [0.3, 0.4) is 0 Å². The minimum Gasteiger partial charge on any atom is -0.360 e. The van der Waals surface area contributed by atoms with Crippen molar-refractivity contribution in [1.82, 2.24) is 19.4 Å². The second kappa shape index (κ2) is 5.77. The van der Waals surface area contributed by atoms with E-state index in [1.807, 2.05) is 13.1 Å². The average Bonchev–Trinajstić information content (AvgIpc) is 3.21. The van der Waals surface area contributed by atoms with E-state index in [1.165, 1.54) is 0 Å². The summed E-state index contributed by atoms with van der Waals surface area (Å²) in [6.45, 7) is 7.99. The minimum absolute atomic E-state index is 0.218. The molecule has 2 fully saturated rings. The van der Waals surface area contributed by atoms with Crippen LogP contribution in [0.4, 0.5) is 5.82 Å². The van der Waals surface area contributed by atoms with E-state index in [0.29, 0.717) is 36.4 Å². The molecule has 4 heterocycles. The van der Waals surface area contributed by atoms with Gasteiger partial charge in [0.25, 0.3) is 0 Å². The predicted octanol–water partition coefficient (Wildman–Crippen LogP) is 1.15. The third-order valence-electron chi connectivity index (χ3n) is 5.19. The highest BCUT2D eigenvalue weighted by Gasteiger charge is 2.46. The number of fused-ring (bicyclic) bond motifs is 1. The fourth-order valence-electron chi connectivity index (χ4n) is 4.02. The zero-order valence-electron chi connectivity index (χ0n) is 14.5. The predicted molar refractivity (Wildman–Crippen MR) is 90.7 cm³/mol. The van der Waals surface area contributed by atoms with Crippen molar-refractivity contribution < 1.29 is 12.9 Å². The van der Waals surface area contributed by atoms with Crippen molar-refractivity contribution in [2.75, 3.05) is 31.1 Å². The van der Waals surface area contributed by atoms with E-state index in [4.69, 9.17) is 4.52 Å². The van der Waals surface area contributed by atoms with Gasteiger partial charge in [0.1, 0.15) is 22.7 Å². The van der Waals surface area contributed by atoms with Crippen LogP contribution in [-0.2, 0) is 10.0 Å². The van der Waals surface area contributed by atoms with Crippen LogP contribution in [0.5, 0.6) is 0 Å². The number of aromatic nitrogens is 3. The zero-order chi connectivity index (χ0) is 17.8. The molecule has 25 heavy (non-hydrogen) atoms. The van der Waals surface area contributed by atoms with Gasteiger partial charge in [0.2, 0.25) is 10.0 Å². The van der Waals surface area contributed by atoms with Gasteiger partial charge in [0.05, 0.1) is 0 Å². The Morgan fingerprint density at radius 2 is 1.80 bits per heavy atom. The summed E-state index contributed by atoms with van der Waals surface area (Å²) in [5.74, 6) is 1.92. The van der Waals surface area contributed by atoms with Gasteiger partial charge in [-0.05, 0) is 32.6 Å². The smallest absolute Gasteiger partial charge is 0.248 e. The third-order valence-corrected chi connectivity index (χ3v) is 7.26. The van der Waals surface area contributed by atoms with E-state index < -0.39 is 10.0 Å². The van der Waals surface area contributed by atoms with E-state index in [2.05, 4.69) is 20.0 Å². The van der Waals surface area contributed by atoms with Gasteiger partial charge in [-0.25, -0.2) is 18.4 Å². The van der Waals surface area contributed by atoms with Gasteiger partial charge >= 0.3 is 0 Å². The highest BCUT2D eigenvalue weighted by atomic mass is 32.2. The molecular formula is C16H21N5O3S. The first-order chi connectivity index (χ1) is 11.9. The normalized spacial score (nSPS) is 24.0. The topological polar surface area (TPSA) is 92.4 Å². The number of hydrogen-bond donors (Lipinski definition) is 0. The largest absolute Gasteiger partial charge is 0.360 e. The molecule has 8 nitrogen and oxygen atoms in total. The van der Waals surface area contributed by atoms with Gasteiger partial charge in [0.15, 0.2) is 5.76 Å². The summed E-state index contributed by atoms with van der Waals surface area (Å²) in [5.41, 5.74) is 1.47. The fraction of sp³-hybridized carbons (Fsp3) is 0.562. The lowest BCUT2D eigenvalue weighted by Gasteiger charge is -2.23. The van der Waals surface area contributed by atoms with Crippen LogP contribution >= 0.6 is 0 Å². The molecule has 2 saturated heterocycles. The van der Waals surface area contributed by atoms with Crippen LogP contribution in [0.2, 0.25) is 0 Å². The lowest BCUT2D eigenvalue weighted by Crippen LogP contribution is -2.34.